The average Bonchev–Trinajstić information content (AvgIpc) is 2.01. The fourth-order valence-corrected chi connectivity index (χ4v) is 3.02. The molecule has 0 N–H and O–H groups in total. The van der Waals surface area contributed by atoms with Crippen LogP contribution in [0.3, 0.4) is 0 Å². The molecule has 0 spiro atoms. The van der Waals surface area contributed by atoms with E-state index < -0.39 is 9.05 Å². The third-order valence-electron chi connectivity index (χ3n) is 1.33. The first-order valence-electron chi connectivity index (χ1n) is 3.82. The normalized spacial score (nSPS) is 11.6. The lowest BCUT2D eigenvalue weighted by molar-refractivity contribution is 0.611. The smallest absolute Gasteiger partial charge is 0.233 e. The molecule has 7 heteroatoms. The van der Waals surface area contributed by atoms with Crippen LogP contribution in [0.5, 0.6) is 0 Å². The van der Waals surface area contributed by atoms with Crippen LogP contribution in [0.15, 0.2) is 17.3 Å². The molecule has 0 aliphatic rings. The molecule has 78 valence electrons. The number of rotatable bonds is 4. The van der Waals surface area contributed by atoms with Crippen molar-refractivity contribution in [1.29, 1.82) is 0 Å². The molecule has 1 heterocycles. The molecule has 0 aliphatic carbocycles. The fourth-order valence-electron chi connectivity index (χ4n) is 0.761. The third kappa shape index (κ3) is 4.78. The lowest BCUT2D eigenvalue weighted by Gasteiger charge is -1.99. The number of nitrogens with zero attached hydrogens (tertiary/aromatic N) is 2. The van der Waals surface area contributed by atoms with Crippen LogP contribution >= 0.6 is 22.4 Å². The topological polar surface area (TPSA) is 59.9 Å². The summed E-state index contributed by atoms with van der Waals surface area (Å²) in [5, 5.41) is 0.762. The van der Waals surface area contributed by atoms with E-state index in [9.17, 15) is 8.42 Å². The second kappa shape index (κ2) is 4.95. The SMILES string of the molecule is Cc1nccc(SCCS(=O)(=O)Cl)n1. The van der Waals surface area contributed by atoms with Crippen LogP contribution in [0, 0.1) is 6.92 Å². The van der Waals surface area contributed by atoms with Gasteiger partial charge in [0.1, 0.15) is 5.82 Å². The van der Waals surface area contributed by atoms with E-state index in [1.165, 1.54) is 11.8 Å². The van der Waals surface area contributed by atoms with Crippen LogP contribution < -0.4 is 0 Å². The Labute approximate surface area is 91.5 Å². The van der Waals surface area contributed by atoms with E-state index in [-0.39, 0.29) is 5.75 Å². The van der Waals surface area contributed by atoms with Crippen LogP contribution in [0.25, 0.3) is 0 Å². The Kier molecular flexibility index (Phi) is 4.15. The zero-order valence-corrected chi connectivity index (χ0v) is 9.86. The number of aromatic nitrogens is 2. The predicted octanol–water partition coefficient (Wildman–Crippen LogP) is 1.45. The summed E-state index contributed by atoms with van der Waals surface area (Å²) < 4.78 is 21.2. The van der Waals surface area contributed by atoms with Gasteiger partial charge >= 0.3 is 0 Å². The molecular formula is C7H9ClN2O2S2. The summed E-state index contributed by atoms with van der Waals surface area (Å²) in [6.07, 6.45) is 1.64. The maximum Gasteiger partial charge on any atom is 0.233 e. The summed E-state index contributed by atoms with van der Waals surface area (Å²) in [7, 11) is 1.66. The molecule has 0 bridgehead atoms. The molecule has 0 saturated heterocycles. The fraction of sp³-hybridized carbons (Fsp3) is 0.429. The minimum absolute atomic E-state index is 0.0533. The van der Waals surface area contributed by atoms with Gasteiger partial charge in [-0.2, -0.15) is 0 Å². The molecule has 0 saturated carbocycles. The van der Waals surface area contributed by atoms with Gasteiger partial charge in [-0.15, -0.1) is 11.8 Å². The summed E-state index contributed by atoms with van der Waals surface area (Å²) in [5.74, 6) is 1.02. The van der Waals surface area contributed by atoms with Gasteiger partial charge in [-0.25, -0.2) is 18.4 Å². The molecule has 0 fully saturated rings. The number of hydrogen-bond acceptors (Lipinski definition) is 5. The van der Waals surface area contributed by atoms with Crippen molar-refractivity contribution in [2.75, 3.05) is 11.5 Å². The van der Waals surface area contributed by atoms with Gasteiger partial charge in [0, 0.05) is 22.6 Å². The molecule has 0 unspecified atom stereocenters. The zero-order chi connectivity index (χ0) is 10.6. The van der Waals surface area contributed by atoms with Gasteiger partial charge in [-0.05, 0) is 13.0 Å². The summed E-state index contributed by atoms with van der Waals surface area (Å²) in [5.41, 5.74) is 0. The highest BCUT2D eigenvalue weighted by atomic mass is 35.7. The highest BCUT2D eigenvalue weighted by Crippen LogP contribution is 2.15. The molecule has 0 aliphatic heterocycles. The Balaban J connectivity index is 2.47. The van der Waals surface area contributed by atoms with Gasteiger partial charge in [0.05, 0.1) is 10.8 Å². The summed E-state index contributed by atoms with van der Waals surface area (Å²) >= 11 is 1.35. The van der Waals surface area contributed by atoms with E-state index in [2.05, 4.69) is 9.97 Å². The van der Waals surface area contributed by atoms with Crippen molar-refractivity contribution in [2.45, 2.75) is 11.9 Å². The van der Waals surface area contributed by atoms with Gasteiger partial charge in [-0.1, -0.05) is 0 Å². The van der Waals surface area contributed by atoms with Crippen molar-refractivity contribution in [3.8, 4) is 0 Å². The van der Waals surface area contributed by atoms with E-state index in [1.54, 1.807) is 19.2 Å². The first kappa shape index (κ1) is 11.7. The van der Waals surface area contributed by atoms with E-state index in [0.717, 1.165) is 5.03 Å². The van der Waals surface area contributed by atoms with Crippen molar-refractivity contribution in [1.82, 2.24) is 9.97 Å². The standard InChI is InChI=1S/C7H9ClN2O2S2/c1-6-9-3-2-7(10-6)13-4-5-14(8,11)12/h2-3H,4-5H2,1H3. The Bertz CT molecular complexity index is 408. The highest BCUT2D eigenvalue weighted by molar-refractivity contribution is 8.14. The van der Waals surface area contributed by atoms with Crippen LogP contribution in [0.4, 0.5) is 0 Å². The zero-order valence-electron chi connectivity index (χ0n) is 7.47. The van der Waals surface area contributed by atoms with E-state index in [4.69, 9.17) is 10.7 Å². The van der Waals surface area contributed by atoms with Crippen molar-refractivity contribution in [3.63, 3.8) is 0 Å². The van der Waals surface area contributed by atoms with Gasteiger partial charge in [0.25, 0.3) is 0 Å². The van der Waals surface area contributed by atoms with E-state index >= 15 is 0 Å². The molecule has 4 nitrogen and oxygen atoms in total. The van der Waals surface area contributed by atoms with Crippen molar-refractivity contribution < 1.29 is 8.42 Å². The van der Waals surface area contributed by atoms with Crippen LogP contribution in [0.1, 0.15) is 5.82 Å². The lowest BCUT2D eigenvalue weighted by Crippen LogP contribution is -2.00. The van der Waals surface area contributed by atoms with E-state index in [0.29, 0.717) is 11.6 Å². The molecule has 0 radical (unpaired) electrons. The molecule has 1 aromatic rings. The molecule has 0 aromatic carbocycles. The van der Waals surface area contributed by atoms with Gasteiger partial charge in [0.2, 0.25) is 9.05 Å². The van der Waals surface area contributed by atoms with Crippen LogP contribution in [-0.4, -0.2) is 29.9 Å². The first-order chi connectivity index (χ1) is 6.47. The summed E-state index contributed by atoms with van der Waals surface area (Å²) in [4.78, 5) is 8.03. The Morgan fingerprint density at radius 3 is 2.86 bits per heavy atom. The maximum atomic E-state index is 10.6. The number of halogens is 1. The van der Waals surface area contributed by atoms with Crippen molar-refractivity contribution in [3.05, 3.63) is 18.1 Å². The monoisotopic (exact) mass is 252 g/mol. The Morgan fingerprint density at radius 1 is 1.57 bits per heavy atom. The van der Waals surface area contributed by atoms with Gasteiger partial charge in [0.15, 0.2) is 0 Å². The number of hydrogen-bond donors (Lipinski definition) is 0. The molecular weight excluding hydrogens is 244 g/mol. The largest absolute Gasteiger partial charge is 0.242 e. The second-order valence-electron chi connectivity index (χ2n) is 2.53. The first-order valence-corrected chi connectivity index (χ1v) is 7.28. The van der Waals surface area contributed by atoms with Crippen LogP contribution in [-0.2, 0) is 9.05 Å². The van der Waals surface area contributed by atoms with Gasteiger partial charge in [-0.3, -0.25) is 0 Å². The highest BCUT2D eigenvalue weighted by Gasteiger charge is 2.05. The summed E-state index contributed by atoms with van der Waals surface area (Å²) in [6, 6.07) is 1.73. The lowest BCUT2D eigenvalue weighted by atomic mass is 10.6. The average molecular weight is 253 g/mol. The molecule has 1 rings (SSSR count). The molecule has 1 aromatic heterocycles. The molecule has 0 amide bonds. The van der Waals surface area contributed by atoms with Gasteiger partial charge < -0.3 is 0 Å². The Morgan fingerprint density at radius 2 is 2.29 bits per heavy atom. The number of aryl methyl sites for hydroxylation is 1. The maximum absolute atomic E-state index is 10.6. The van der Waals surface area contributed by atoms with Crippen molar-refractivity contribution >= 4 is 31.5 Å². The minimum Gasteiger partial charge on any atom is -0.242 e. The summed E-state index contributed by atoms with van der Waals surface area (Å²) in [6.45, 7) is 1.78. The predicted molar refractivity (Wildman–Crippen MR) is 57.1 cm³/mol. The van der Waals surface area contributed by atoms with E-state index in [1.807, 2.05) is 0 Å². The third-order valence-corrected chi connectivity index (χ3v) is 3.67. The second-order valence-corrected chi connectivity index (χ2v) is 6.55. The minimum atomic E-state index is -3.40. The van der Waals surface area contributed by atoms with Crippen LogP contribution in [0.2, 0.25) is 0 Å². The Hall–Kier alpha value is -0.330. The van der Waals surface area contributed by atoms with Crippen molar-refractivity contribution in [2.24, 2.45) is 0 Å². The molecule has 0 atom stereocenters. The quantitative estimate of drug-likeness (QED) is 0.461. The number of thioether (sulfide) groups is 1. The molecule has 14 heavy (non-hydrogen) atoms.